The van der Waals surface area contributed by atoms with Gasteiger partial charge in [0, 0.05) is 66.0 Å². The van der Waals surface area contributed by atoms with E-state index < -0.39 is 10.8 Å². The summed E-state index contributed by atoms with van der Waals surface area (Å²) in [6.45, 7) is 6.56. The van der Waals surface area contributed by atoms with Crippen LogP contribution in [0.25, 0.3) is 6.08 Å². The lowest BCUT2D eigenvalue weighted by atomic mass is 10.1. The van der Waals surface area contributed by atoms with E-state index in [-0.39, 0.29) is 0 Å². The first-order chi connectivity index (χ1) is 16.5. The summed E-state index contributed by atoms with van der Waals surface area (Å²) >= 11 is 0. The quantitative estimate of drug-likeness (QED) is 0.496. The van der Waals surface area contributed by atoms with E-state index in [0.717, 1.165) is 59.3 Å². The van der Waals surface area contributed by atoms with Crippen molar-refractivity contribution in [3.63, 3.8) is 0 Å². The second-order valence-corrected chi connectivity index (χ2v) is 9.91. The summed E-state index contributed by atoms with van der Waals surface area (Å²) in [6.07, 6.45) is 4.89. The van der Waals surface area contributed by atoms with Crippen LogP contribution in [0.2, 0.25) is 0 Å². The standard InChI is InChI=1S/C26H27N5O2S/c1-19-16-22(4-3-10-27)17-20(2)25(19)33-24-9-11-28-26(30-24)29-23-7-5-21(6-8-23)18-31-12-14-34(32)15-13-31/h3-9,11,16-17H,12-15,18H2,1-2H3,(H,28,29,30)/b4-3+. The largest absolute Gasteiger partial charge is 0.438 e. The highest BCUT2D eigenvalue weighted by Crippen LogP contribution is 2.30. The van der Waals surface area contributed by atoms with Crippen molar-refractivity contribution >= 4 is 28.5 Å². The number of hydrogen-bond donors (Lipinski definition) is 1. The molecular weight excluding hydrogens is 446 g/mol. The number of allylic oxidation sites excluding steroid dienone is 1. The third-order valence-electron chi connectivity index (χ3n) is 5.56. The van der Waals surface area contributed by atoms with Crippen LogP contribution in [0.1, 0.15) is 22.3 Å². The molecule has 0 aliphatic carbocycles. The molecule has 1 N–H and O–H groups in total. The second kappa shape index (κ2) is 11.1. The molecule has 0 atom stereocenters. The molecule has 8 heteroatoms. The minimum atomic E-state index is -0.655. The number of aryl methyl sites for hydroxylation is 2. The van der Waals surface area contributed by atoms with Gasteiger partial charge in [0.05, 0.1) is 6.07 Å². The maximum atomic E-state index is 11.5. The SMILES string of the molecule is Cc1cc(/C=C/C#N)cc(C)c1Oc1ccnc(Nc2ccc(CN3CCS(=O)CC3)cc2)n1. The van der Waals surface area contributed by atoms with Gasteiger partial charge in [-0.05, 0) is 66.4 Å². The van der Waals surface area contributed by atoms with Gasteiger partial charge in [0.1, 0.15) is 5.75 Å². The number of nitrogens with one attached hydrogen (secondary N) is 1. The molecular formula is C26H27N5O2S. The fourth-order valence-electron chi connectivity index (χ4n) is 3.85. The number of anilines is 2. The van der Waals surface area contributed by atoms with E-state index in [9.17, 15) is 4.21 Å². The predicted octanol–water partition coefficient (Wildman–Crippen LogP) is 4.73. The molecule has 34 heavy (non-hydrogen) atoms. The van der Waals surface area contributed by atoms with Crippen molar-refractivity contribution in [2.45, 2.75) is 20.4 Å². The Morgan fingerprint density at radius 3 is 2.53 bits per heavy atom. The van der Waals surface area contributed by atoms with E-state index in [1.165, 1.54) is 11.6 Å². The molecule has 1 aliphatic rings. The van der Waals surface area contributed by atoms with E-state index in [0.29, 0.717) is 11.8 Å². The van der Waals surface area contributed by atoms with Gasteiger partial charge in [-0.15, -0.1) is 0 Å². The van der Waals surface area contributed by atoms with Crippen molar-refractivity contribution < 1.29 is 8.95 Å². The van der Waals surface area contributed by atoms with E-state index >= 15 is 0 Å². The number of nitriles is 1. The van der Waals surface area contributed by atoms with Gasteiger partial charge in [-0.3, -0.25) is 9.11 Å². The first-order valence-corrected chi connectivity index (χ1v) is 12.6. The fraction of sp³-hybridized carbons (Fsp3) is 0.269. The fourth-order valence-corrected chi connectivity index (χ4v) is 4.98. The van der Waals surface area contributed by atoms with E-state index in [1.54, 1.807) is 18.3 Å². The van der Waals surface area contributed by atoms with Crippen LogP contribution in [0.3, 0.4) is 0 Å². The number of nitrogens with zero attached hydrogens (tertiary/aromatic N) is 4. The number of ether oxygens (including phenoxy) is 1. The van der Waals surface area contributed by atoms with Gasteiger partial charge in [-0.25, -0.2) is 4.98 Å². The van der Waals surface area contributed by atoms with Gasteiger partial charge >= 0.3 is 0 Å². The Kier molecular flexibility index (Phi) is 7.68. The Balaban J connectivity index is 1.41. The highest BCUT2D eigenvalue weighted by atomic mass is 32.2. The van der Waals surface area contributed by atoms with Crippen LogP contribution in [0.15, 0.2) is 54.7 Å². The van der Waals surface area contributed by atoms with E-state index in [2.05, 4.69) is 32.3 Å². The Morgan fingerprint density at radius 1 is 1.15 bits per heavy atom. The normalized spacial score (nSPS) is 14.7. The molecule has 2 aromatic carbocycles. The summed E-state index contributed by atoms with van der Waals surface area (Å²) in [7, 11) is -0.655. The summed E-state index contributed by atoms with van der Waals surface area (Å²) < 4.78 is 17.6. The Morgan fingerprint density at radius 2 is 1.85 bits per heavy atom. The number of benzene rings is 2. The molecule has 0 unspecified atom stereocenters. The molecule has 0 radical (unpaired) electrons. The zero-order valence-electron chi connectivity index (χ0n) is 19.3. The van der Waals surface area contributed by atoms with Crippen LogP contribution in [0, 0.1) is 25.2 Å². The molecule has 1 aromatic heterocycles. The smallest absolute Gasteiger partial charge is 0.230 e. The maximum Gasteiger partial charge on any atom is 0.230 e. The van der Waals surface area contributed by atoms with Gasteiger partial charge in [-0.1, -0.05) is 12.1 Å². The topological polar surface area (TPSA) is 91.1 Å². The molecule has 0 spiro atoms. The molecule has 2 heterocycles. The summed E-state index contributed by atoms with van der Waals surface area (Å²) in [6, 6.07) is 15.9. The van der Waals surface area contributed by atoms with E-state index in [1.807, 2.05) is 44.2 Å². The van der Waals surface area contributed by atoms with Crippen LogP contribution in [-0.4, -0.2) is 43.7 Å². The Hall–Kier alpha value is -3.54. The minimum Gasteiger partial charge on any atom is -0.438 e. The number of rotatable bonds is 7. The van der Waals surface area contributed by atoms with Crippen LogP contribution in [0.5, 0.6) is 11.6 Å². The molecule has 1 aliphatic heterocycles. The third-order valence-corrected chi connectivity index (χ3v) is 6.83. The van der Waals surface area contributed by atoms with Crippen LogP contribution in [0.4, 0.5) is 11.6 Å². The summed E-state index contributed by atoms with van der Waals surface area (Å²) in [5.41, 5.74) is 4.98. The second-order valence-electron chi connectivity index (χ2n) is 8.21. The molecule has 1 fully saturated rings. The summed E-state index contributed by atoms with van der Waals surface area (Å²) in [5.74, 6) is 3.16. The lowest BCUT2D eigenvalue weighted by molar-refractivity contribution is 0.291. The first kappa shape index (κ1) is 23.6. The van der Waals surface area contributed by atoms with Crippen LogP contribution in [-0.2, 0) is 17.3 Å². The van der Waals surface area contributed by atoms with Gasteiger partial charge in [-0.2, -0.15) is 10.2 Å². The van der Waals surface area contributed by atoms with Crippen molar-refractivity contribution in [3.8, 4) is 17.7 Å². The Labute approximate surface area is 202 Å². The van der Waals surface area contributed by atoms with Crippen molar-refractivity contribution in [2.24, 2.45) is 0 Å². The molecule has 7 nitrogen and oxygen atoms in total. The highest BCUT2D eigenvalue weighted by Gasteiger charge is 2.15. The molecule has 0 bridgehead atoms. The molecule has 0 amide bonds. The average molecular weight is 474 g/mol. The van der Waals surface area contributed by atoms with Crippen molar-refractivity contribution in [1.29, 1.82) is 5.26 Å². The maximum absolute atomic E-state index is 11.5. The van der Waals surface area contributed by atoms with Crippen molar-refractivity contribution in [1.82, 2.24) is 14.9 Å². The van der Waals surface area contributed by atoms with Gasteiger partial charge < -0.3 is 10.1 Å². The number of hydrogen-bond acceptors (Lipinski definition) is 7. The zero-order chi connectivity index (χ0) is 23.9. The predicted molar refractivity (Wildman–Crippen MR) is 136 cm³/mol. The minimum absolute atomic E-state index is 0.447. The first-order valence-electron chi connectivity index (χ1n) is 11.1. The van der Waals surface area contributed by atoms with Crippen molar-refractivity contribution in [2.75, 3.05) is 29.9 Å². The molecule has 3 aromatic rings. The van der Waals surface area contributed by atoms with Crippen LogP contribution < -0.4 is 10.1 Å². The van der Waals surface area contributed by atoms with Gasteiger partial charge in [0.25, 0.3) is 0 Å². The summed E-state index contributed by atoms with van der Waals surface area (Å²) in [5, 5.41) is 12.0. The Bertz CT molecular complexity index is 1220. The third kappa shape index (κ3) is 6.28. The van der Waals surface area contributed by atoms with Gasteiger partial charge in [0.15, 0.2) is 0 Å². The molecule has 174 valence electrons. The molecule has 0 saturated carbocycles. The van der Waals surface area contributed by atoms with Gasteiger partial charge in [0.2, 0.25) is 11.8 Å². The zero-order valence-corrected chi connectivity index (χ0v) is 20.1. The van der Waals surface area contributed by atoms with E-state index in [4.69, 9.17) is 10.00 Å². The molecule has 4 rings (SSSR count). The molecule has 1 saturated heterocycles. The number of aromatic nitrogens is 2. The van der Waals surface area contributed by atoms with Crippen LogP contribution >= 0.6 is 0 Å². The van der Waals surface area contributed by atoms with Crippen molar-refractivity contribution in [3.05, 3.63) is 77.0 Å². The monoisotopic (exact) mass is 473 g/mol. The summed E-state index contributed by atoms with van der Waals surface area (Å²) in [4.78, 5) is 11.2. The highest BCUT2D eigenvalue weighted by molar-refractivity contribution is 7.85. The lowest BCUT2D eigenvalue weighted by Gasteiger charge is -2.26. The lowest BCUT2D eigenvalue weighted by Crippen LogP contribution is -2.37. The average Bonchev–Trinajstić information content (AvgIpc) is 2.83.